The molecule has 0 saturated carbocycles. The van der Waals surface area contributed by atoms with E-state index in [2.05, 4.69) is 80.5 Å². The lowest BCUT2D eigenvalue weighted by Gasteiger charge is -2.41. The van der Waals surface area contributed by atoms with Crippen LogP contribution < -0.4 is 16.2 Å². The molecule has 9 atom stereocenters. The molecule has 2 amide bonds. The minimum atomic E-state index is -4.10. The van der Waals surface area contributed by atoms with Gasteiger partial charge < -0.3 is 42.5 Å². The number of nitrogens with zero attached hydrogens (tertiary/aromatic N) is 8. The highest BCUT2D eigenvalue weighted by Crippen LogP contribution is 2.56. The average molecular weight is 1130 g/mol. The number of fused-ring (bicyclic) bond motifs is 2. The number of amides is 2. The number of imidazole rings is 2. The number of nitriles is 1. The Morgan fingerprint density at radius 1 is 0.855 bits per heavy atom. The molecule has 412 valence electrons. The first-order valence-electron chi connectivity index (χ1n) is 24.9. The maximum absolute atomic E-state index is 13.5. The number of aromatic amines is 1. The molecule has 0 radical (unpaired) electrons. The average Bonchev–Trinajstić information content (AvgIpc) is 4.13. The number of carbonyl (C=O) groups excluding carboxylic acids is 2. The number of carbonyl (C=O) groups is 3. The van der Waals surface area contributed by atoms with Crippen LogP contribution in [0.5, 0.6) is 0 Å². The zero-order valence-corrected chi connectivity index (χ0v) is 48.6. The number of hydrogen-bond acceptors (Lipinski definition) is 19. The summed E-state index contributed by atoms with van der Waals surface area (Å²) in [6, 6.07) is 10.6. The molecule has 76 heavy (non-hydrogen) atoms. The van der Waals surface area contributed by atoms with Crippen LogP contribution in [0.4, 0.5) is 16.6 Å². The fourth-order valence-corrected chi connectivity index (χ4v) is 12.7. The van der Waals surface area contributed by atoms with E-state index in [9.17, 15) is 29.5 Å². The largest absolute Gasteiger partial charge is 0.506 e. The van der Waals surface area contributed by atoms with Gasteiger partial charge in [-0.2, -0.15) is 10.2 Å². The van der Waals surface area contributed by atoms with Crippen LogP contribution in [0.2, 0.25) is 36.3 Å². The molecule has 3 unspecified atom stereocenters. The lowest BCUT2D eigenvalue weighted by Crippen LogP contribution is -2.50. The quantitative estimate of drug-likeness (QED) is 0.0246. The predicted molar refractivity (Wildman–Crippen MR) is 288 cm³/mol. The number of ether oxygens (including phenoxy) is 3. The molecule has 2 saturated heterocycles. The number of carboxylic acid groups (broad SMARTS) is 1. The summed E-state index contributed by atoms with van der Waals surface area (Å²) in [5, 5.41) is 24.8. The molecule has 1 aromatic carbocycles. The van der Waals surface area contributed by atoms with E-state index in [1.807, 2.05) is 40.8 Å². The second-order valence-electron chi connectivity index (χ2n) is 21.9. The fraction of sp³-hybridized carbons (Fsp3) is 0.583. The van der Waals surface area contributed by atoms with E-state index in [0.29, 0.717) is 12.0 Å². The molecule has 2 aliphatic heterocycles. The van der Waals surface area contributed by atoms with Gasteiger partial charge in [0.25, 0.3) is 11.5 Å². The first-order valence-corrected chi connectivity index (χ1v) is 33.3. The number of rotatable bonds is 20. The highest BCUT2D eigenvalue weighted by molar-refractivity contribution is 8.07. The van der Waals surface area contributed by atoms with Crippen molar-refractivity contribution in [2.24, 2.45) is 5.92 Å². The van der Waals surface area contributed by atoms with Crippen LogP contribution in [-0.4, -0.2) is 129 Å². The van der Waals surface area contributed by atoms with Gasteiger partial charge in [0.2, 0.25) is 11.9 Å². The standard InChI is InChI=1S/C48H68N11O13PSSi2/c1-14-29-33(71-75(10,11)47(4,5)6)36(44(67-29)59-26-53-32-39(59)55-45(57-42(32)62)56-40(60)27(2)3)70-73(74,65-22-18-21-49)66-23-30-34(72-76(12,13)48(7,8)9)35(69-46(63)64)43(68-30)58-25-52-31-37(50-24-51-38(31)58)54-41(61)28-19-16-15-17-20-28/h15-17,19-20,24-27,29-30,33-36,43-44H,14,18,22-23H2,1-13H3,(H,63,64)(H,50,51,54,61)(H2,55,56,57,60,62)/t29-,30-,33?,34?,35+,36+,43-,44-,73?/m1/s1. The summed E-state index contributed by atoms with van der Waals surface area (Å²) in [6.45, 7) is 21.1. The highest BCUT2D eigenvalue weighted by Gasteiger charge is 2.56. The third-order valence-electron chi connectivity index (χ3n) is 14.2. The van der Waals surface area contributed by atoms with Crippen molar-refractivity contribution < 1.29 is 56.1 Å². The molecular formula is C48H68N11O13PSSi2. The van der Waals surface area contributed by atoms with Crippen molar-refractivity contribution in [1.82, 2.24) is 39.0 Å². The Morgan fingerprint density at radius 3 is 2.04 bits per heavy atom. The molecule has 7 rings (SSSR count). The zero-order valence-electron chi connectivity index (χ0n) is 44.9. The zero-order chi connectivity index (χ0) is 55.7. The van der Waals surface area contributed by atoms with E-state index >= 15 is 0 Å². The van der Waals surface area contributed by atoms with Crippen LogP contribution in [0.15, 0.2) is 54.1 Å². The molecule has 0 spiro atoms. The lowest BCUT2D eigenvalue weighted by atomic mass is 10.1. The van der Waals surface area contributed by atoms with E-state index in [0.717, 1.165) is 0 Å². The van der Waals surface area contributed by atoms with Gasteiger partial charge >= 0.3 is 12.9 Å². The maximum atomic E-state index is 13.5. The Morgan fingerprint density at radius 2 is 1.45 bits per heavy atom. The Balaban J connectivity index is 1.30. The molecule has 5 aromatic rings. The minimum Gasteiger partial charge on any atom is -0.450 e. The predicted octanol–water partition coefficient (Wildman–Crippen LogP) is 8.41. The van der Waals surface area contributed by atoms with E-state index < -0.39 is 108 Å². The van der Waals surface area contributed by atoms with Gasteiger partial charge in [-0.3, -0.25) is 38.3 Å². The summed E-state index contributed by atoms with van der Waals surface area (Å²) in [5.74, 6) is -1.27. The second-order valence-corrected chi connectivity index (χ2v) is 34.4. The van der Waals surface area contributed by atoms with Crippen LogP contribution in [-0.2, 0) is 53.2 Å². The number of benzene rings is 1. The Hall–Kier alpha value is -5.38. The topological polar surface area (TPSA) is 300 Å². The normalized spacial score (nSPS) is 23.2. The molecule has 4 aromatic heterocycles. The lowest BCUT2D eigenvalue weighted by molar-refractivity contribution is -0.118. The molecule has 24 nitrogen and oxygen atoms in total. The van der Waals surface area contributed by atoms with Gasteiger partial charge in [0.15, 0.2) is 63.3 Å². The van der Waals surface area contributed by atoms with Crippen LogP contribution in [0.1, 0.15) is 98.0 Å². The van der Waals surface area contributed by atoms with E-state index in [1.165, 1.54) is 28.1 Å². The summed E-state index contributed by atoms with van der Waals surface area (Å²) < 4.78 is 56.4. The third-order valence-corrected chi connectivity index (χ3v) is 25.5. The van der Waals surface area contributed by atoms with E-state index in [1.54, 1.807) is 44.2 Å². The fourth-order valence-electron chi connectivity index (χ4n) is 7.95. The van der Waals surface area contributed by atoms with Gasteiger partial charge in [-0.15, -0.1) is 0 Å². The van der Waals surface area contributed by atoms with Gasteiger partial charge in [-0.25, -0.2) is 24.7 Å². The van der Waals surface area contributed by atoms with Gasteiger partial charge in [0.1, 0.15) is 30.7 Å². The monoisotopic (exact) mass is 1130 g/mol. The minimum absolute atomic E-state index is 0.0446. The Kier molecular flexibility index (Phi) is 17.6. The van der Waals surface area contributed by atoms with Gasteiger partial charge in [-0.1, -0.05) is 80.5 Å². The highest BCUT2D eigenvalue weighted by atomic mass is 32.5. The molecular weight excluding hydrogens is 1060 g/mol. The summed E-state index contributed by atoms with van der Waals surface area (Å²) >= 11 is 6.30. The summed E-state index contributed by atoms with van der Waals surface area (Å²) in [5.41, 5.74) is 0.129. The SMILES string of the molecule is CC[C@H]1O[C@@H](n2cnc3c(=O)[nH]c(NC(=O)C(C)C)nc32)[C@@H](OP(=S)(OCCC#N)OC[C@H]2O[C@@H](n3cnc4c(NC(=O)c5ccccc5)ncnc43)[C@@H](OC(=O)O)C2O[Si](C)(C)C(C)(C)C)C1O[Si](C)(C)C(C)(C)C. The van der Waals surface area contributed by atoms with Crippen molar-refractivity contribution in [2.75, 3.05) is 23.8 Å². The Labute approximate surface area is 447 Å². The van der Waals surface area contributed by atoms with Crippen LogP contribution in [0, 0.1) is 17.2 Å². The van der Waals surface area contributed by atoms with Crippen LogP contribution in [0.3, 0.4) is 0 Å². The second kappa shape index (κ2) is 22.9. The number of H-pyrrole nitrogens is 1. The van der Waals surface area contributed by atoms with Crippen molar-refractivity contribution in [3.8, 4) is 6.07 Å². The molecule has 4 N–H and O–H groups in total. The van der Waals surface area contributed by atoms with Gasteiger partial charge in [-0.05, 0) is 66.6 Å². The smallest absolute Gasteiger partial charge is 0.450 e. The number of aromatic nitrogens is 8. The summed E-state index contributed by atoms with van der Waals surface area (Å²) in [6.07, 6.45) is -5.94. The summed E-state index contributed by atoms with van der Waals surface area (Å²) in [7, 11) is -5.48. The van der Waals surface area contributed by atoms with E-state index in [-0.39, 0.29) is 58.1 Å². The molecule has 2 aliphatic rings. The molecule has 0 bridgehead atoms. The van der Waals surface area contributed by atoms with Gasteiger partial charge in [0, 0.05) is 11.5 Å². The van der Waals surface area contributed by atoms with Crippen molar-refractivity contribution in [2.45, 2.75) is 160 Å². The van der Waals surface area contributed by atoms with Crippen molar-refractivity contribution in [1.29, 1.82) is 5.26 Å². The molecule has 6 heterocycles. The number of nitrogens with one attached hydrogen (secondary N) is 3. The Bertz CT molecular complexity index is 3070. The first-order chi connectivity index (χ1) is 35.6. The maximum Gasteiger partial charge on any atom is 0.506 e. The van der Waals surface area contributed by atoms with Crippen molar-refractivity contribution in [3.63, 3.8) is 0 Å². The molecule has 28 heteroatoms. The first kappa shape index (κ1) is 58.3. The van der Waals surface area contributed by atoms with Gasteiger partial charge in [0.05, 0.1) is 44.5 Å². The van der Waals surface area contributed by atoms with Crippen LogP contribution in [0.25, 0.3) is 22.3 Å². The summed E-state index contributed by atoms with van der Waals surface area (Å²) in [4.78, 5) is 77.1. The number of hydrogen-bond donors (Lipinski definition) is 4. The van der Waals surface area contributed by atoms with Crippen molar-refractivity contribution in [3.05, 3.63) is 65.2 Å². The van der Waals surface area contributed by atoms with E-state index in [4.69, 9.17) is 48.4 Å². The third kappa shape index (κ3) is 12.6. The molecule has 2 fully saturated rings. The number of anilines is 2. The van der Waals surface area contributed by atoms with Crippen molar-refractivity contribution >= 4 is 87.2 Å². The molecule has 0 aliphatic carbocycles. The van der Waals surface area contributed by atoms with Crippen LogP contribution >= 0.6 is 6.72 Å².